The molecular weight excluding hydrogens is 276 g/mol. The molecule has 5 nitrogen and oxygen atoms in total. The number of nitrogens with zero attached hydrogens (tertiary/aromatic N) is 1. The van der Waals surface area contributed by atoms with E-state index in [2.05, 4.69) is 5.32 Å². The van der Waals surface area contributed by atoms with Crippen LogP contribution in [-0.2, 0) is 14.8 Å². The molecule has 0 aromatic rings. The number of sulfonamides is 1. The normalized spacial score (nSPS) is 18.8. The van der Waals surface area contributed by atoms with Crippen LogP contribution in [0.5, 0.6) is 0 Å². The Morgan fingerprint density at radius 3 is 2.50 bits per heavy atom. The molecule has 1 heterocycles. The van der Waals surface area contributed by atoms with Crippen LogP contribution in [0.15, 0.2) is 0 Å². The highest BCUT2D eigenvalue weighted by Gasteiger charge is 2.27. The van der Waals surface area contributed by atoms with Gasteiger partial charge in [0.05, 0.1) is 5.75 Å². The van der Waals surface area contributed by atoms with Crippen molar-refractivity contribution in [1.29, 1.82) is 0 Å². The zero-order valence-corrected chi connectivity index (χ0v) is 12.3. The molecule has 1 fully saturated rings. The highest BCUT2D eigenvalue weighted by molar-refractivity contribution is 7.89. The fourth-order valence-corrected chi connectivity index (χ4v) is 3.25. The fraction of sp³-hybridized carbons (Fsp3) is 0.909. The monoisotopic (exact) mass is 296 g/mol. The van der Waals surface area contributed by atoms with Crippen LogP contribution in [0.2, 0.25) is 0 Å². The zero-order chi connectivity index (χ0) is 13.6. The second-order valence-corrected chi connectivity index (χ2v) is 7.07. The number of halogens is 1. The number of carbonyl (C=O) groups excluding carboxylic acids is 1. The van der Waals surface area contributed by atoms with Gasteiger partial charge in [-0.25, -0.2) is 12.7 Å². The number of amides is 1. The summed E-state index contributed by atoms with van der Waals surface area (Å²) in [7, 11) is -3.08. The van der Waals surface area contributed by atoms with Crippen LogP contribution in [0.1, 0.15) is 32.6 Å². The summed E-state index contributed by atoms with van der Waals surface area (Å²) in [5, 5.41) is 2.92. The smallest absolute Gasteiger partial charge is 0.220 e. The molecule has 0 radical (unpaired) electrons. The maximum Gasteiger partial charge on any atom is 0.220 e. The standard InChI is InChI=1S/C11H21ClN2O3S/c1-2-18(16,17)14-8-5-10(6-9-14)13-11(15)4-3-7-12/h10H,2-9H2,1H3,(H,13,15). The predicted octanol–water partition coefficient (Wildman–Crippen LogP) is 0.936. The second-order valence-electron chi connectivity index (χ2n) is 4.43. The van der Waals surface area contributed by atoms with Gasteiger partial charge in [-0.1, -0.05) is 0 Å². The van der Waals surface area contributed by atoms with Gasteiger partial charge in [-0.2, -0.15) is 0 Å². The van der Waals surface area contributed by atoms with E-state index >= 15 is 0 Å². The number of piperidine rings is 1. The van der Waals surface area contributed by atoms with Crippen LogP contribution >= 0.6 is 11.6 Å². The van der Waals surface area contributed by atoms with Crippen molar-refractivity contribution < 1.29 is 13.2 Å². The van der Waals surface area contributed by atoms with Crippen LogP contribution in [0, 0.1) is 0 Å². The van der Waals surface area contributed by atoms with E-state index in [-0.39, 0.29) is 17.7 Å². The van der Waals surface area contributed by atoms with Crippen LogP contribution in [0.4, 0.5) is 0 Å². The molecule has 18 heavy (non-hydrogen) atoms. The average Bonchev–Trinajstić information content (AvgIpc) is 2.37. The fourth-order valence-electron chi connectivity index (χ4n) is 1.99. The van der Waals surface area contributed by atoms with Gasteiger partial charge in [-0.15, -0.1) is 11.6 Å². The lowest BCUT2D eigenvalue weighted by molar-refractivity contribution is -0.122. The lowest BCUT2D eigenvalue weighted by Crippen LogP contribution is -2.46. The summed E-state index contributed by atoms with van der Waals surface area (Å²) in [6.45, 7) is 2.64. The van der Waals surface area contributed by atoms with Crippen LogP contribution < -0.4 is 5.32 Å². The number of carbonyl (C=O) groups is 1. The van der Waals surface area contributed by atoms with Gasteiger partial charge in [0.15, 0.2) is 0 Å². The van der Waals surface area contributed by atoms with Crippen molar-refractivity contribution in [3.05, 3.63) is 0 Å². The minimum atomic E-state index is -3.08. The van der Waals surface area contributed by atoms with E-state index in [9.17, 15) is 13.2 Å². The average molecular weight is 297 g/mol. The first kappa shape index (κ1) is 15.7. The zero-order valence-electron chi connectivity index (χ0n) is 10.7. The molecule has 1 amide bonds. The molecule has 106 valence electrons. The Morgan fingerprint density at radius 2 is 2.00 bits per heavy atom. The minimum absolute atomic E-state index is 0.00690. The number of hydrogen-bond donors (Lipinski definition) is 1. The van der Waals surface area contributed by atoms with Crippen LogP contribution in [0.3, 0.4) is 0 Å². The first-order valence-electron chi connectivity index (χ1n) is 6.32. The Bertz CT molecular complexity index is 364. The van der Waals surface area contributed by atoms with Crippen molar-refractivity contribution in [2.75, 3.05) is 24.7 Å². The quantitative estimate of drug-likeness (QED) is 0.742. The Kier molecular flexibility index (Phi) is 6.38. The molecule has 1 saturated heterocycles. The van der Waals surface area contributed by atoms with Gasteiger partial charge in [-0.05, 0) is 26.2 Å². The van der Waals surface area contributed by atoms with Gasteiger partial charge in [-0.3, -0.25) is 4.79 Å². The first-order valence-corrected chi connectivity index (χ1v) is 8.47. The topological polar surface area (TPSA) is 66.5 Å². The summed E-state index contributed by atoms with van der Waals surface area (Å²) in [5.41, 5.74) is 0. The van der Waals surface area contributed by atoms with E-state index in [0.717, 1.165) is 0 Å². The van der Waals surface area contributed by atoms with Gasteiger partial charge in [0.2, 0.25) is 15.9 Å². The van der Waals surface area contributed by atoms with Crippen molar-refractivity contribution in [3.63, 3.8) is 0 Å². The van der Waals surface area contributed by atoms with E-state index in [1.807, 2.05) is 0 Å². The molecular formula is C11H21ClN2O3S. The summed E-state index contributed by atoms with van der Waals surface area (Å²) in [6.07, 6.45) is 2.49. The van der Waals surface area contributed by atoms with Gasteiger partial charge >= 0.3 is 0 Å². The van der Waals surface area contributed by atoms with Gasteiger partial charge in [0.1, 0.15) is 0 Å². The predicted molar refractivity (Wildman–Crippen MR) is 72.2 cm³/mol. The largest absolute Gasteiger partial charge is 0.353 e. The van der Waals surface area contributed by atoms with E-state index in [1.54, 1.807) is 6.92 Å². The third-order valence-corrected chi connectivity index (χ3v) is 5.26. The molecule has 7 heteroatoms. The molecule has 1 aliphatic heterocycles. The molecule has 0 unspecified atom stereocenters. The van der Waals surface area contributed by atoms with Gasteiger partial charge < -0.3 is 5.32 Å². The number of hydrogen-bond acceptors (Lipinski definition) is 3. The highest BCUT2D eigenvalue weighted by Crippen LogP contribution is 2.14. The summed E-state index contributed by atoms with van der Waals surface area (Å²) < 4.78 is 24.8. The summed E-state index contributed by atoms with van der Waals surface area (Å²) in [4.78, 5) is 11.5. The Balaban J connectivity index is 2.34. The Morgan fingerprint density at radius 1 is 1.39 bits per heavy atom. The molecule has 0 saturated carbocycles. The molecule has 1 N–H and O–H groups in total. The molecule has 0 spiro atoms. The summed E-state index contributed by atoms with van der Waals surface area (Å²) in [6, 6.07) is 0.0936. The van der Waals surface area contributed by atoms with Gasteiger partial charge in [0.25, 0.3) is 0 Å². The van der Waals surface area contributed by atoms with Crippen molar-refractivity contribution in [2.24, 2.45) is 0 Å². The molecule has 0 aromatic heterocycles. The van der Waals surface area contributed by atoms with Crippen LogP contribution in [0.25, 0.3) is 0 Å². The van der Waals surface area contributed by atoms with E-state index < -0.39 is 10.0 Å². The minimum Gasteiger partial charge on any atom is -0.353 e. The molecule has 1 rings (SSSR count). The summed E-state index contributed by atoms with van der Waals surface area (Å²) >= 11 is 5.52. The molecule has 0 aliphatic carbocycles. The third-order valence-electron chi connectivity index (χ3n) is 3.11. The van der Waals surface area contributed by atoms with Crippen molar-refractivity contribution in [1.82, 2.24) is 9.62 Å². The summed E-state index contributed by atoms with van der Waals surface area (Å²) in [5.74, 6) is 0.632. The second kappa shape index (κ2) is 7.31. The van der Waals surface area contributed by atoms with Crippen molar-refractivity contribution in [2.45, 2.75) is 38.6 Å². The maximum absolute atomic E-state index is 11.6. The number of alkyl halides is 1. The number of nitrogens with one attached hydrogen (secondary N) is 1. The molecule has 0 atom stereocenters. The maximum atomic E-state index is 11.6. The van der Waals surface area contributed by atoms with Crippen molar-refractivity contribution in [3.8, 4) is 0 Å². The highest BCUT2D eigenvalue weighted by atomic mass is 35.5. The Labute approximate surface area is 114 Å². The SMILES string of the molecule is CCS(=O)(=O)N1CCC(NC(=O)CCCCl)CC1. The molecule has 1 aliphatic rings. The first-order chi connectivity index (χ1) is 8.49. The lowest BCUT2D eigenvalue weighted by atomic mass is 10.1. The molecule has 0 bridgehead atoms. The van der Waals surface area contributed by atoms with Crippen molar-refractivity contribution >= 4 is 27.5 Å². The third kappa shape index (κ3) is 4.74. The van der Waals surface area contributed by atoms with E-state index in [4.69, 9.17) is 11.6 Å². The van der Waals surface area contributed by atoms with Gasteiger partial charge in [0, 0.05) is 31.4 Å². The van der Waals surface area contributed by atoms with E-state index in [1.165, 1.54) is 4.31 Å². The van der Waals surface area contributed by atoms with E-state index in [0.29, 0.717) is 44.7 Å². The molecule has 0 aromatic carbocycles. The Hall–Kier alpha value is -0.330. The van der Waals surface area contributed by atoms with Crippen LogP contribution in [-0.4, -0.2) is 49.4 Å². The lowest BCUT2D eigenvalue weighted by Gasteiger charge is -2.31. The number of rotatable bonds is 6.